The van der Waals surface area contributed by atoms with Crippen LogP contribution in [0.25, 0.3) is 27.7 Å². The minimum Gasteiger partial charge on any atom is -0.460 e. The highest BCUT2D eigenvalue weighted by Crippen LogP contribution is 2.51. The molecule has 1 aliphatic carbocycles. The summed E-state index contributed by atoms with van der Waals surface area (Å²) in [5.74, 6) is -0.0494. The van der Waals surface area contributed by atoms with Crippen LogP contribution in [0.5, 0.6) is 0 Å². The lowest BCUT2D eigenvalue weighted by Gasteiger charge is -2.24. The third-order valence-corrected chi connectivity index (χ3v) is 8.10. The second-order valence-corrected chi connectivity index (χ2v) is 12.3. The van der Waals surface area contributed by atoms with Crippen molar-refractivity contribution < 1.29 is 14.3 Å². The van der Waals surface area contributed by atoms with Crippen LogP contribution in [0.2, 0.25) is 0 Å². The Morgan fingerprint density at radius 3 is 2.33 bits per heavy atom. The van der Waals surface area contributed by atoms with E-state index in [1.54, 1.807) is 0 Å². The molecule has 5 nitrogen and oxygen atoms in total. The first-order valence-electron chi connectivity index (χ1n) is 13.9. The molecule has 3 aromatic carbocycles. The van der Waals surface area contributed by atoms with E-state index in [0.29, 0.717) is 6.42 Å². The van der Waals surface area contributed by atoms with Gasteiger partial charge in [0.05, 0.1) is 11.9 Å². The van der Waals surface area contributed by atoms with Crippen LogP contribution < -0.4 is 0 Å². The minimum absolute atomic E-state index is 0.00960. The van der Waals surface area contributed by atoms with Crippen molar-refractivity contribution in [2.75, 3.05) is 13.6 Å². The van der Waals surface area contributed by atoms with Crippen molar-refractivity contribution in [3.05, 3.63) is 89.6 Å². The lowest BCUT2D eigenvalue weighted by Crippen LogP contribution is -2.35. The van der Waals surface area contributed by atoms with Crippen LogP contribution in [0.15, 0.2) is 72.8 Å². The summed E-state index contributed by atoms with van der Waals surface area (Å²) in [5, 5.41) is 1.14. The molecule has 4 aromatic rings. The minimum atomic E-state index is -0.457. The lowest BCUT2D eigenvalue weighted by molar-refractivity contribution is -0.156. The molecule has 0 atom stereocenters. The van der Waals surface area contributed by atoms with Gasteiger partial charge in [0.1, 0.15) is 11.3 Å². The Kier molecular flexibility index (Phi) is 6.13. The Morgan fingerprint density at radius 1 is 0.949 bits per heavy atom. The normalized spacial score (nSPS) is 16.3. The standard InChI is InChI=1S/C34H36N2O3/c1-33(2,3)39-30(37)22-34(17-18-34)21-23-10-13-26(14-11-23)36-29-15-12-25(24-8-6-5-7-9-24)20-28(29)27-16-19-35(4)32(38)31(27)36/h5-15,20H,16-19,21-22H2,1-4H3. The maximum absolute atomic E-state index is 13.5. The number of aromatic nitrogens is 1. The van der Waals surface area contributed by atoms with Gasteiger partial charge in [-0.15, -0.1) is 0 Å². The summed E-state index contributed by atoms with van der Waals surface area (Å²) in [7, 11) is 1.88. The predicted octanol–water partition coefficient (Wildman–Crippen LogP) is 6.98. The van der Waals surface area contributed by atoms with Crippen molar-refractivity contribution in [1.82, 2.24) is 9.47 Å². The monoisotopic (exact) mass is 520 g/mol. The summed E-state index contributed by atoms with van der Waals surface area (Å²) in [4.78, 5) is 27.8. The zero-order chi connectivity index (χ0) is 27.4. The molecule has 1 aromatic heterocycles. The Bertz CT molecular complexity index is 1550. The molecule has 1 aliphatic heterocycles. The molecule has 1 fully saturated rings. The molecule has 2 aliphatic rings. The molecular weight excluding hydrogens is 484 g/mol. The van der Waals surface area contributed by atoms with Crippen molar-refractivity contribution >= 4 is 22.8 Å². The highest BCUT2D eigenvalue weighted by Gasteiger charge is 2.45. The van der Waals surface area contributed by atoms with Crippen LogP contribution in [0.4, 0.5) is 0 Å². The highest BCUT2D eigenvalue weighted by atomic mass is 16.6. The van der Waals surface area contributed by atoms with Gasteiger partial charge in [-0.25, -0.2) is 0 Å². The molecule has 5 heteroatoms. The van der Waals surface area contributed by atoms with Gasteiger partial charge in [-0.1, -0.05) is 48.5 Å². The molecule has 0 saturated heterocycles. The Hall–Kier alpha value is -3.86. The third kappa shape index (κ3) is 4.98. The number of carbonyl (C=O) groups excluding carboxylic acids is 2. The average molecular weight is 521 g/mol. The van der Waals surface area contributed by atoms with E-state index < -0.39 is 5.60 Å². The summed E-state index contributed by atoms with van der Waals surface area (Å²) in [6.45, 7) is 6.47. The number of ether oxygens (including phenoxy) is 1. The molecular formula is C34H36N2O3. The smallest absolute Gasteiger partial charge is 0.306 e. The average Bonchev–Trinajstić information content (AvgIpc) is 3.56. The lowest BCUT2D eigenvalue weighted by atomic mass is 9.93. The van der Waals surface area contributed by atoms with Crippen molar-refractivity contribution in [1.29, 1.82) is 0 Å². The largest absolute Gasteiger partial charge is 0.460 e. The van der Waals surface area contributed by atoms with Crippen LogP contribution in [0.3, 0.4) is 0 Å². The van der Waals surface area contributed by atoms with E-state index >= 15 is 0 Å². The Balaban J connectivity index is 1.34. The second-order valence-electron chi connectivity index (χ2n) is 12.3. The van der Waals surface area contributed by atoms with Gasteiger partial charge in [-0.05, 0) is 98.4 Å². The zero-order valence-corrected chi connectivity index (χ0v) is 23.3. The van der Waals surface area contributed by atoms with Gasteiger partial charge < -0.3 is 14.2 Å². The molecule has 1 amide bonds. The van der Waals surface area contributed by atoms with Crippen molar-refractivity contribution in [2.24, 2.45) is 5.41 Å². The van der Waals surface area contributed by atoms with Gasteiger partial charge >= 0.3 is 5.97 Å². The van der Waals surface area contributed by atoms with Gasteiger partial charge in [0.2, 0.25) is 0 Å². The quantitative estimate of drug-likeness (QED) is 0.258. The summed E-state index contributed by atoms with van der Waals surface area (Å²) in [6, 6.07) is 25.5. The zero-order valence-electron chi connectivity index (χ0n) is 23.3. The topological polar surface area (TPSA) is 51.5 Å². The number of nitrogens with zero attached hydrogens (tertiary/aromatic N) is 2. The highest BCUT2D eigenvalue weighted by molar-refractivity contribution is 6.04. The molecule has 2 heterocycles. The maximum Gasteiger partial charge on any atom is 0.306 e. The molecule has 0 spiro atoms. The fourth-order valence-corrected chi connectivity index (χ4v) is 5.95. The molecule has 0 radical (unpaired) electrons. The van der Waals surface area contributed by atoms with Crippen LogP contribution in [-0.2, 0) is 22.4 Å². The van der Waals surface area contributed by atoms with Gasteiger partial charge in [-0.2, -0.15) is 0 Å². The second kappa shape index (κ2) is 9.41. The van der Waals surface area contributed by atoms with E-state index in [2.05, 4.69) is 71.3 Å². The fraction of sp³-hybridized carbons (Fsp3) is 0.353. The van der Waals surface area contributed by atoms with Crippen molar-refractivity contribution in [3.8, 4) is 16.8 Å². The number of hydrogen-bond donors (Lipinski definition) is 0. The number of likely N-dealkylation sites (N-methyl/N-ethyl adjacent to an activating group) is 1. The Morgan fingerprint density at radius 2 is 1.67 bits per heavy atom. The number of fused-ring (bicyclic) bond motifs is 3. The van der Waals surface area contributed by atoms with Gasteiger partial charge in [0.15, 0.2) is 0 Å². The summed E-state index contributed by atoms with van der Waals surface area (Å²) in [5.41, 5.74) is 7.02. The van der Waals surface area contributed by atoms with E-state index in [1.807, 2.05) is 38.8 Å². The number of benzene rings is 3. The molecule has 6 rings (SSSR count). The number of amides is 1. The Labute approximate surface area is 230 Å². The molecule has 0 bridgehead atoms. The molecule has 39 heavy (non-hydrogen) atoms. The van der Waals surface area contributed by atoms with Crippen molar-refractivity contribution in [2.45, 2.75) is 58.5 Å². The number of esters is 1. The van der Waals surface area contributed by atoms with Gasteiger partial charge in [-0.3, -0.25) is 9.59 Å². The van der Waals surface area contributed by atoms with E-state index in [0.717, 1.165) is 65.6 Å². The number of rotatable bonds is 6. The van der Waals surface area contributed by atoms with Crippen LogP contribution in [0, 0.1) is 5.41 Å². The van der Waals surface area contributed by atoms with Crippen molar-refractivity contribution in [3.63, 3.8) is 0 Å². The molecule has 1 saturated carbocycles. The SMILES string of the molecule is CN1CCc2c(n(-c3ccc(CC4(CC(=O)OC(C)(C)C)CC4)cc3)c3ccc(-c4ccccc4)cc23)C1=O. The van der Waals surface area contributed by atoms with Crippen LogP contribution in [0.1, 0.15) is 61.6 Å². The van der Waals surface area contributed by atoms with E-state index in [9.17, 15) is 9.59 Å². The van der Waals surface area contributed by atoms with Crippen LogP contribution >= 0.6 is 0 Å². The molecule has 0 N–H and O–H groups in total. The first-order valence-corrected chi connectivity index (χ1v) is 13.9. The summed E-state index contributed by atoms with van der Waals surface area (Å²) < 4.78 is 7.72. The third-order valence-electron chi connectivity index (χ3n) is 8.10. The van der Waals surface area contributed by atoms with E-state index in [4.69, 9.17) is 4.74 Å². The van der Waals surface area contributed by atoms with Gasteiger partial charge in [0, 0.05) is 24.7 Å². The van der Waals surface area contributed by atoms with Gasteiger partial charge in [0.25, 0.3) is 5.91 Å². The fourth-order valence-electron chi connectivity index (χ4n) is 5.95. The predicted molar refractivity (Wildman–Crippen MR) is 155 cm³/mol. The summed E-state index contributed by atoms with van der Waals surface area (Å²) in [6.07, 6.45) is 4.26. The first-order chi connectivity index (χ1) is 18.6. The molecule has 200 valence electrons. The first kappa shape index (κ1) is 25.4. The van der Waals surface area contributed by atoms with E-state index in [-0.39, 0.29) is 17.3 Å². The van der Waals surface area contributed by atoms with E-state index in [1.165, 1.54) is 11.1 Å². The molecule has 0 unspecified atom stereocenters. The number of carbonyl (C=O) groups is 2. The number of hydrogen-bond acceptors (Lipinski definition) is 3. The maximum atomic E-state index is 13.5. The summed E-state index contributed by atoms with van der Waals surface area (Å²) >= 11 is 0. The van der Waals surface area contributed by atoms with Crippen LogP contribution in [-0.4, -0.2) is 40.5 Å².